The Morgan fingerprint density at radius 1 is 1.24 bits per heavy atom. The summed E-state index contributed by atoms with van der Waals surface area (Å²) in [6.07, 6.45) is 2.68. The summed E-state index contributed by atoms with van der Waals surface area (Å²) in [6.45, 7) is 5.86. The topological polar surface area (TPSA) is 90.3 Å². The Hall–Kier alpha value is -3.00. The standard InChI is InChI=1S/C21H23N3O4S/c1-4-15-11-16-19(29-15)22-12-24(20(16)26)17(5-2)18(25)23-14-9-7-8-13(10-14)21(27)28-6-3/h7-12,17H,4-6H2,1-3H3,(H,23,25). The van der Waals surface area contributed by atoms with Gasteiger partial charge in [-0.25, -0.2) is 9.78 Å². The van der Waals surface area contributed by atoms with E-state index in [1.165, 1.54) is 22.2 Å². The van der Waals surface area contributed by atoms with Crippen molar-refractivity contribution in [2.75, 3.05) is 11.9 Å². The number of fused-ring (bicyclic) bond motifs is 1. The van der Waals surface area contributed by atoms with Gasteiger partial charge in [-0.2, -0.15) is 0 Å². The first-order valence-electron chi connectivity index (χ1n) is 9.56. The SMILES string of the molecule is CCOC(=O)c1cccc(NC(=O)C(CC)n2cnc3sc(CC)cc3c2=O)c1. The Balaban J connectivity index is 1.87. The number of ether oxygens (including phenoxy) is 1. The van der Waals surface area contributed by atoms with E-state index in [0.29, 0.717) is 27.9 Å². The number of nitrogens with zero attached hydrogens (tertiary/aromatic N) is 2. The molecule has 3 aromatic rings. The maximum Gasteiger partial charge on any atom is 0.338 e. The third-order valence-corrected chi connectivity index (χ3v) is 5.73. The van der Waals surface area contributed by atoms with Crippen LogP contribution in [-0.2, 0) is 16.0 Å². The Kier molecular flexibility index (Phi) is 6.43. The average Bonchev–Trinajstić information content (AvgIpc) is 3.15. The molecule has 0 aliphatic carbocycles. The molecule has 1 unspecified atom stereocenters. The molecule has 0 saturated heterocycles. The number of esters is 1. The summed E-state index contributed by atoms with van der Waals surface area (Å²) in [4.78, 5) is 43.8. The second kappa shape index (κ2) is 9.00. The molecular weight excluding hydrogens is 390 g/mol. The summed E-state index contributed by atoms with van der Waals surface area (Å²) in [5, 5.41) is 3.32. The van der Waals surface area contributed by atoms with Crippen LogP contribution in [0.4, 0.5) is 5.69 Å². The highest BCUT2D eigenvalue weighted by Crippen LogP contribution is 2.22. The van der Waals surface area contributed by atoms with E-state index in [2.05, 4.69) is 10.3 Å². The third-order valence-electron chi connectivity index (χ3n) is 4.54. The van der Waals surface area contributed by atoms with Gasteiger partial charge in [0.05, 0.1) is 23.9 Å². The van der Waals surface area contributed by atoms with Crippen LogP contribution >= 0.6 is 11.3 Å². The number of rotatable bonds is 7. The Bertz CT molecular complexity index is 1100. The van der Waals surface area contributed by atoms with Crippen LogP contribution in [0.1, 0.15) is 48.5 Å². The number of amides is 1. The lowest BCUT2D eigenvalue weighted by atomic mass is 10.1. The van der Waals surface area contributed by atoms with Crippen molar-refractivity contribution in [3.63, 3.8) is 0 Å². The minimum atomic E-state index is -0.712. The van der Waals surface area contributed by atoms with Crippen molar-refractivity contribution in [1.82, 2.24) is 9.55 Å². The molecule has 1 aromatic carbocycles. The van der Waals surface area contributed by atoms with Crippen LogP contribution in [0.15, 0.2) is 41.5 Å². The summed E-state index contributed by atoms with van der Waals surface area (Å²) >= 11 is 1.49. The van der Waals surface area contributed by atoms with Gasteiger partial charge < -0.3 is 10.1 Å². The van der Waals surface area contributed by atoms with Crippen molar-refractivity contribution in [3.05, 3.63) is 57.5 Å². The van der Waals surface area contributed by atoms with E-state index < -0.39 is 12.0 Å². The summed E-state index contributed by atoms with van der Waals surface area (Å²) in [5.74, 6) is -0.798. The lowest BCUT2D eigenvalue weighted by molar-refractivity contribution is -0.119. The number of aromatic nitrogens is 2. The van der Waals surface area contributed by atoms with E-state index >= 15 is 0 Å². The van der Waals surface area contributed by atoms with Crippen LogP contribution in [-0.4, -0.2) is 28.0 Å². The molecule has 0 spiro atoms. The van der Waals surface area contributed by atoms with E-state index in [4.69, 9.17) is 4.74 Å². The van der Waals surface area contributed by atoms with Crippen LogP contribution in [0.5, 0.6) is 0 Å². The molecule has 152 valence electrons. The molecule has 1 N–H and O–H groups in total. The second-order valence-electron chi connectivity index (χ2n) is 6.46. The molecule has 0 saturated carbocycles. The van der Waals surface area contributed by atoms with E-state index in [9.17, 15) is 14.4 Å². The highest BCUT2D eigenvalue weighted by Gasteiger charge is 2.22. The number of hydrogen-bond acceptors (Lipinski definition) is 6. The molecule has 0 aliphatic heterocycles. The number of benzene rings is 1. The highest BCUT2D eigenvalue weighted by atomic mass is 32.1. The van der Waals surface area contributed by atoms with Crippen LogP contribution in [0.25, 0.3) is 10.2 Å². The molecule has 0 radical (unpaired) electrons. The predicted octanol–water partition coefficient (Wildman–Crippen LogP) is 3.79. The first-order chi connectivity index (χ1) is 14.0. The minimum Gasteiger partial charge on any atom is -0.462 e. The van der Waals surface area contributed by atoms with Gasteiger partial charge in [-0.1, -0.05) is 19.9 Å². The fourth-order valence-electron chi connectivity index (χ4n) is 3.06. The van der Waals surface area contributed by atoms with Crippen LogP contribution in [0.3, 0.4) is 0 Å². The molecule has 1 atom stereocenters. The minimum absolute atomic E-state index is 0.228. The van der Waals surface area contributed by atoms with Gasteiger partial charge in [-0.05, 0) is 44.0 Å². The number of thiophene rings is 1. The van der Waals surface area contributed by atoms with E-state index in [0.717, 1.165) is 11.3 Å². The molecule has 0 bridgehead atoms. The number of hydrogen-bond donors (Lipinski definition) is 1. The summed E-state index contributed by atoms with van der Waals surface area (Å²) in [5.41, 5.74) is 0.585. The van der Waals surface area contributed by atoms with Crippen molar-refractivity contribution in [2.45, 2.75) is 39.7 Å². The molecule has 2 heterocycles. The van der Waals surface area contributed by atoms with Crippen LogP contribution < -0.4 is 10.9 Å². The van der Waals surface area contributed by atoms with Gasteiger partial charge in [0.2, 0.25) is 5.91 Å². The Labute approximate surface area is 172 Å². The van der Waals surface area contributed by atoms with Crippen molar-refractivity contribution < 1.29 is 14.3 Å². The number of carbonyl (C=O) groups is 2. The Morgan fingerprint density at radius 2 is 2.03 bits per heavy atom. The monoisotopic (exact) mass is 413 g/mol. The summed E-state index contributed by atoms with van der Waals surface area (Å²) in [7, 11) is 0. The fourth-order valence-corrected chi connectivity index (χ4v) is 3.98. The second-order valence-corrected chi connectivity index (χ2v) is 7.57. The van der Waals surface area contributed by atoms with E-state index in [1.54, 1.807) is 31.2 Å². The number of anilines is 1. The van der Waals surface area contributed by atoms with Gasteiger partial charge in [0.1, 0.15) is 10.9 Å². The summed E-state index contributed by atoms with van der Waals surface area (Å²) in [6, 6.07) is 7.66. The molecule has 7 nitrogen and oxygen atoms in total. The normalized spacial score (nSPS) is 12.0. The van der Waals surface area contributed by atoms with Gasteiger partial charge in [0.25, 0.3) is 5.56 Å². The van der Waals surface area contributed by atoms with Gasteiger partial charge in [-0.15, -0.1) is 11.3 Å². The van der Waals surface area contributed by atoms with Gasteiger partial charge >= 0.3 is 5.97 Å². The van der Waals surface area contributed by atoms with Crippen LogP contribution in [0.2, 0.25) is 0 Å². The first kappa shape index (κ1) is 20.7. The van der Waals surface area contributed by atoms with Crippen molar-refractivity contribution in [2.24, 2.45) is 0 Å². The quantitative estimate of drug-likeness (QED) is 0.595. The fraction of sp³-hybridized carbons (Fsp3) is 0.333. The molecule has 0 fully saturated rings. The van der Waals surface area contributed by atoms with E-state index in [-0.39, 0.29) is 18.1 Å². The molecule has 29 heavy (non-hydrogen) atoms. The maximum absolute atomic E-state index is 12.9. The number of carbonyl (C=O) groups excluding carboxylic acids is 2. The molecule has 3 rings (SSSR count). The van der Waals surface area contributed by atoms with Gasteiger partial charge in [-0.3, -0.25) is 14.2 Å². The number of nitrogens with one attached hydrogen (secondary N) is 1. The summed E-state index contributed by atoms with van der Waals surface area (Å²) < 4.78 is 6.36. The van der Waals surface area contributed by atoms with Gasteiger partial charge in [0.15, 0.2) is 0 Å². The highest BCUT2D eigenvalue weighted by molar-refractivity contribution is 7.18. The smallest absolute Gasteiger partial charge is 0.338 e. The predicted molar refractivity (Wildman–Crippen MR) is 114 cm³/mol. The molecule has 8 heteroatoms. The maximum atomic E-state index is 12.9. The molecule has 1 amide bonds. The molecular formula is C21H23N3O4S. The van der Waals surface area contributed by atoms with E-state index in [1.807, 2.05) is 19.9 Å². The van der Waals surface area contributed by atoms with Crippen molar-refractivity contribution >= 4 is 39.1 Å². The zero-order valence-electron chi connectivity index (χ0n) is 16.6. The van der Waals surface area contributed by atoms with Crippen molar-refractivity contribution in [1.29, 1.82) is 0 Å². The lowest BCUT2D eigenvalue weighted by Gasteiger charge is -2.17. The number of aryl methyl sites for hydroxylation is 1. The third kappa shape index (κ3) is 4.37. The molecule has 2 aromatic heterocycles. The first-order valence-corrected chi connectivity index (χ1v) is 10.4. The largest absolute Gasteiger partial charge is 0.462 e. The zero-order chi connectivity index (χ0) is 21.0. The molecule has 0 aliphatic rings. The average molecular weight is 413 g/mol. The lowest BCUT2D eigenvalue weighted by Crippen LogP contribution is -2.33. The zero-order valence-corrected chi connectivity index (χ0v) is 17.4. The van der Waals surface area contributed by atoms with Gasteiger partial charge in [0, 0.05) is 10.6 Å². The van der Waals surface area contributed by atoms with Crippen LogP contribution in [0, 0.1) is 0 Å². The Morgan fingerprint density at radius 3 is 2.72 bits per heavy atom. The van der Waals surface area contributed by atoms with Crippen molar-refractivity contribution in [3.8, 4) is 0 Å².